The van der Waals surface area contributed by atoms with Gasteiger partial charge in [0, 0.05) is 6.20 Å². The summed E-state index contributed by atoms with van der Waals surface area (Å²) in [5.41, 5.74) is 6.34. The molecule has 80 valence electrons. The number of carboxylic acids is 1. The van der Waals surface area contributed by atoms with Gasteiger partial charge in [-0.05, 0) is 24.6 Å². The molecule has 6 heteroatoms. The van der Waals surface area contributed by atoms with E-state index in [-0.39, 0.29) is 30.5 Å². The summed E-state index contributed by atoms with van der Waals surface area (Å²) in [6, 6.07) is 3.20. The van der Waals surface area contributed by atoms with Gasteiger partial charge < -0.3 is 10.8 Å². The highest BCUT2D eigenvalue weighted by atomic mass is 35.5. The van der Waals surface area contributed by atoms with Crippen LogP contribution in [0.5, 0.6) is 0 Å². The first-order chi connectivity index (χ1) is 5.74. The molecule has 0 saturated carbocycles. The average molecular weight is 239 g/mol. The average Bonchev–Trinajstić information content (AvgIpc) is 2.06. The molecular formula is C8H12Cl2N2O2. The second-order valence-electron chi connectivity index (χ2n) is 2.40. The molecule has 1 heterocycles. The van der Waals surface area contributed by atoms with Crippen molar-refractivity contribution in [2.75, 3.05) is 6.54 Å². The molecule has 0 unspecified atom stereocenters. The number of pyridine rings is 1. The van der Waals surface area contributed by atoms with E-state index in [0.717, 1.165) is 12.0 Å². The number of rotatable bonds is 3. The van der Waals surface area contributed by atoms with Crippen molar-refractivity contribution in [2.45, 2.75) is 6.42 Å². The SMILES string of the molecule is Cl.Cl.NCCc1ccc(C(=O)O)nc1. The second-order valence-corrected chi connectivity index (χ2v) is 2.40. The zero-order valence-electron chi connectivity index (χ0n) is 7.34. The van der Waals surface area contributed by atoms with E-state index in [2.05, 4.69) is 4.98 Å². The Bertz CT molecular complexity index is 277. The normalized spacial score (nSPS) is 8.36. The van der Waals surface area contributed by atoms with E-state index in [1.807, 2.05) is 0 Å². The number of nitrogens with zero attached hydrogens (tertiary/aromatic N) is 1. The zero-order valence-corrected chi connectivity index (χ0v) is 8.98. The van der Waals surface area contributed by atoms with E-state index in [4.69, 9.17) is 10.8 Å². The van der Waals surface area contributed by atoms with Crippen LogP contribution < -0.4 is 5.73 Å². The van der Waals surface area contributed by atoms with Crippen molar-refractivity contribution in [3.63, 3.8) is 0 Å². The minimum absolute atomic E-state index is 0. The van der Waals surface area contributed by atoms with Gasteiger partial charge in [-0.2, -0.15) is 0 Å². The van der Waals surface area contributed by atoms with Crippen molar-refractivity contribution in [1.82, 2.24) is 4.98 Å². The van der Waals surface area contributed by atoms with Crippen LogP contribution in [0.25, 0.3) is 0 Å². The maximum absolute atomic E-state index is 10.4. The van der Waals surface area contributed by atoms with Crippen molar-refractivity contribution < 1.29 is 9.90 Å². The third-order valence-electron chi connectivity index (χ3n) is 1.48. The van der Waals surface area contributed by atoms with E-state index in [0.29, 0.717) is 6.54 Å². The number of hydrogen-bond acceptors (Lipinski definition) is 3. The molecule has 0 bridgehead atoms. The summed E-state index contributed by atoms with van der Waals surface area (Å²) in [7, 11) is 0. The summed E-state index contributed by atoms with van der Waals surface area (Å²) >= 11 is 0. The molecule has 1 aromatic rings. The molecule has 0 amide bonds. The quantitative estimate of drug-likeness (QED) is 0.828. The van der Waals surface area contributed by atoms with Crippen LogP contribution in [0.3, 0.4) is 0 Å². The molecule has 0 aromatic carbocycles. The topological polar surface area (TPSA) is 76.2 Å². The van der Waals surface area contributed by atoms with Gasteiger partial charge in [-0.25, -0.2) is 9.78 Å². The van der Waals surface area contributed by atoms with Crippen molar-refractivity contribution in [3.8, 4) is 0 Å². The zero-order chi connectivity index (χ0) is 8.97. The molecule has 3 N–H and O–H groups in total. The molecule has 14 heavy (non-hydrogen) atoms. The first-order valence-electron chi connectivity index (χ1n) is 3.62. The van der Waals surface area contributed by atoms with E-state index >= 15 is 0 Å². The summed E-state index contributed by atoms with van der Waals surface area (Å²) in [6.45, 7) is 0.550. The Kier molecular flexibility index (Phi) is 8.43. The lowest BCUT2D eigenvalue weighted by Gasteiger charge is -1.97. The Morgan fingerprint density at radius 1 is 1.43 bits per heavy atom. The van der Waals surface area contributed by atoms with Crippen LogP contribution in [0.15, 0.2) is 18.3 Å². The summed E-state index contributed by atoms with van der Waals surface area (Å²) in [4.78, 5) is 14.1. The van der Waals surface area contributed by atoms with Crippen LogP contribution >= 0.6 is 24.8 Å². The fourth-order valence-corrected chi connectivity index (χ4v) is 0.866. The number of aromatic nitrogens is 1. The molecule has 0 radical (unpaired) electrons. The second kappa shape index (κ2) is 7.55. The Morgan fingerprint density at radius 3 is 2.43 bits per heavy atom. The van der Waals surface area contributed by atoms with Crippen LogP contribution in [0.4, 0.5) is 0 Å². The van der Waals surface area contributed by atoms with Gasteiger partial charge >= 0.3 is 5.97 Å². The van der Waals surface area contributed by atoms with Gasteiger partial charge in [0.15, 0.2) is 0 Å². The molecule has 0 atom stereocenters. The van der Waals surface area contributed by atoms with Gasteiger partial charge in [0.2, 0.25) is 0 Å². The van der Waals surface area contributed by atoms with E-state index in [1.165, 1.54) is 12.3 Å². The Morgan fingerprint density at radius 2 is 2.07 bits per heavy atom. The van der Waals surface area contributed by atoms with Crippen molar-refractivity contribution in [3.05, 3.63) is 29.6 Å². The summed E-state index contributed by atoms with van der Waals surface area (Å²) in [6.07, 6.45) is 2.27. The monoisotopic (exact) mass is 238 g/mol. The Hall–Kier alpha value is -0.840. The lowest BCUT2D eigenvalue weighted by atomic mass is 10.2. The largest absolute Gasteiger partial charge is 0.477 e. The van der Waals surface area contributed by atoms with Crippen LogP contribution in [-0.2, 0) is 6.42 Å². The van der Waals surface area contributed by atoms with Gasteiger partial charge in [-0.3, -0.25) is 0 Å². The lowest BCUT2D eigenvalue weighted by molar-refractivity contribution is 0.0690. The highest BCUT2D eigenvalue weighted by molar-refractivity contribution is 5.85. The van der Waals surface area contributed by atoms with E-state index in [9.17, 15) is 4.79 Å². The molecule has 0 aliphatic heterocycles. The van der Waals surface area contributed by atoms with E-state index in [1.54, 1.807) is 6.07 Å². The van der Waals surface area contributed by atoms with Gasteiger partial charge in [0.25, 0.3) is 0 Å². The fraction of sp³-hybridized carbons (Fsp3) is 0.250. The number of carbonyl (C=O) groups is 1. The highest BCUT2D eigenvalue weighted by Gasteiger charge is 2.02. The molecule has 0 fully saturated rings. The minimum atomic E-state index is -1.01. The van der Waals surface area contributed by atoms with Crippen molar-refractivity contribution in [1.29, 1.82) is 0 Å². The summed E-state index contributed by atoms with van der Waals surface area (Å²) in [5.74, 6) is -1.01. The molecule has 0 saturated heterocycles. The number of hydrogen-bond donors (Lipinski definition) is 2. The van der Waals surface area contributed by atoms with Gasteiger partial charge in [0.1, 0.15) is 5.69 Å². The number of carboxylic acid groups (broad SMARTS) is 1. The smallest absolute Gasteiger partial charge is 0.354 e. The Labute approximate surface area is 94.3 Å². The molecule has 0 aliphatic carbocycles. The standard InChI is InChI=1S/C8H10N2O2.2ClH/c9-4-3-6-1-2-7(8(11)12)10-5-6;;/h1-2,5H,3-4,9H2,(H,11,12);2*1H. The van der Waals surface area contributed by atoms with Gasteiger partial charge in [-0.15, -0.1) is 24.8 Å². The van der Waals surface area contributed by atoms with Crippen molar-refractivity contribution >= 4 is 30.8 Å². The van der Waals surface area contributed by atoms with Gasteiger partial charge in [0.05, 0.1) is 0 Å². The minimum Gasteiger partial charge on any atom is -0.477 e. The number of halogens is 2. The number of nitrogens with two attached hydrogens (primary N) is 1. The van der Waals surface area contributed by atoms with Crippen LogP contribution in [0, 0.1) is 0 Å². The molecule has 0 aliphatic rings. The molecule has 0 spiro atoms. The first-order valence-corrected chi connectivity index (χ1v) is 3.62. The van der Waals surface area contributed by atoms with Crippen molar-refractivity contribution in [2.24, 2.45) is 5.73 Å². The number of aromatic carboxylic acids is 1. The third kappa shape index (κ3) is 4.41. The van der Waals surface area contributed by atoms with Gasteiger partial charge in [-0.1, -0.05) is 6.07 Å². The Balaban J connectivity index is 0. The predicted molar refractivity (Wildman–Crippen MR) is 58.5 cm³/mol. The van der Waals surface area contributed by atoms with Crippen LogP contribution in [0.1, 0.15) is 16.1 Å². The van der Waals surface area contributed by atoms with E-state index < -0.39 is 5.97 Å². The lowest BCUT2D eigenvalue weighted by Crippen LogP contribution is -2.05. The van der Waals surface area contributed by atoms with Crippen LogP contribution in [0.2, 0.25) is 0 Å². The maximum Gasteiger partial charge on any atom is 0.354 e. The molecular weight excluding hydrogens is 227 g/mol. The predicted octanol–water partition coefficient (Wildman–Crippen LogP) is 1.12. The fourth-order valence-electron chi connectivity index (χ4n) is 0.866. The highest BCUT2D eigenvalue weighted by Crippen LogP contribution is 2.00. The first kappa shape index (κ1) is 15.6. The maximum atomic E-state index is 10.4. The molecule has 1 aromatic heterocycles. The molecule has 1 rings (SSSR count). The third-order valence-corrected chi connectivity index (χ3v) is 1.48. The summed E-state index contributed by atoms with van der Waals surface area (Å²) < 4.78 is 0. The molecule has 4 nitrogen and oxygen atoms in total. The summed E-state index contributed by atoms with van der Waals surface area (Å²) in [5, 5.41) is 8.52. The van der Waals surface area contributed by atoms with Crippen LogP contribution in [-0.4, -0.2) is 22.6 Å².